The molecular formula is C9H18O5S. The van der Waals surface area contributed by atoms with E-state index < -0.39 is 16.8 Å². The zero-order valence-electron chi connectivity index (χ0n) is 8.94. The summed E-state index contributed by atoms with van der Waals surface area (Å²) < 4.78 is 21.2. The summed E-state index contributed by atoms with van der Waals surface area (Å²) in [7, 11) is 0.541. The summed E-state index contributed by atoms with van der Waals surface area (Å²) in [5.41, 5.74) is 0. The average molecular weight is 238 g/mol. The summed E-state index contributed by atoms with van der Waals surface area (Å²) in [6, 6.07) is 0. The zero-order valence-corrected chi connectivity index (χ0v) is 9.75. The summed E-state index contributed by atoms with van der Waals surface area (Å²) in [4.78, 5) is 10.2. The van der Waals surface area contributed by atoms with Gasteiger partial charge in [0.2, 0.25) is 0 Å². The van der Waals surface area contributed by atoms with Crippen LogP contribution in [0.2, 0.25) is 0 Å². The predicted molar refractivity (Wildman–Crippen MR) is 57.4 cm³/mol. The van der Waals surface area contributed by atoms with Crippen LogP contribution >= 0.6 is 0 Å². The van der Waals surface area contributed by atoms with Crippen LogP contribution in [0.25, 0.3) is 0 Å². The van der Waals surface area contributed by atoms with E-state index in [1.54, 1.807) is 7.11 Å². The smallest absolute Gasteiger partial charge is 0.304 e. The Hall–Kier alpha value is -0.460. The Morgan fingerprint density at radius 1 is 1.27 bits per heavy atom. The standard InChI is InChI=1S/C9H18O5S/c1-13-4-2-5-14-6-8-15(12)7-3-9(10)11/h2-8H2,1H3,(H,10,11). The van der Waals surface area contributed by atoms with Crippen molar-refractivity contribution in [3.05, 3.63) is 0 Å². The molecule has 0 aliphatic heterocycles. The Kier molecular flexibility index (Phi) is 9.76. The van der Waals surface area contributed by atoms with Crippen LogP contribution in [0.5, 0.6) is 0 Å². The lowest BCUT2D eigenvalue weighted by Gasteiger charge is -2.03. The minimum atomic E-state index is -1.08. The molecule has 1 N–H and O–H groups in total. The highest BCUT2D eigenvalue weighted by molar-refractivity contribution is 7.85. The van der Waals surface area contributed by atoms with Crippen LogP contribution in [-0.4, -0.2) is 53.7 Å². The van der Waals surface area contributed by atoms with Gasteiger partial charge in [-0.1, -0.05) is 0 Å². The Labute approximate surface area is 92.2 Å². The monoisotopic (exact) mass is 238 g/mol. The molecule has 0 radical (unpaired) electrons. The molecule has 0 amide bonds. The molecule has 0 aromatic heterocycles. The van der Waals surface area contributed by atoms with Gasteiger partial charge in [0, 0.05) is 42.6 Å². The van der Waals surface area contributed by atoms with E-state index in [1.165, 1.54) is 0 Å². The van der Waals surface area contributed by atoms with E-state index in [2.05, 4.69) is 0 Å². The van der Waals surface area contributed by atoms with Crippen molar-refractivity contribution >= 4 is 16.8 Å². The number of rotatable bonds is 10. The molecule has 0 aromatic carbocycles. The molecule has 0 aliphatic carbocycles. The molecular weight excluding hydrogens is 220 g/mol. The lowest BCUT2D eigenvalue weighted by molar-refractivity contribution is -0.136. The SMILES string of the molecule is COCCCOCCS(=O)CCC(=O)O. The van der Waals surface area contributed by atoms with Crippen molar-refractivity contribution in [3.63, 3.8) is 0 Å². The van der Waals surface area contributed by atoms with Crippen LogP contribution in [0.1, 0.15) is 12.8 Å². The first-order chi connectivity index (χ1) is 7.16. The number of ether oxygens (including phenoxy) is 2. The van der Waals surface area contributed by atoms with Crippen molar-refractivity contribution in [3.8, 4) is 0 Å². The van der Waals surface area contributed by atoms with Gasteiger partial charge in [-0.25, -0.2) is 0 Å². The van der Waals surface area contributed by atoms with Crippen molar-refractivity contribution in [2.24, 2.45) is 0 Å². The van der Waals surface area contributed by atoms with Crippen molar-refractivity contribution in [2.45, 2.75) is 12.8 Å². The highest BCUT2D eigenvalue weighted by Crippen LogP contribution is 1.90. The minimum Gasteiger partial charge on any atom is -0.481 e. The van der Waals surface area contributed by atoms with E-state index >= 15 is 0 Å². The molecule has 0 aliphatic rings. The Bertz CT molecular complexity index is 195. The van der Waals surface area contributed by atoms with Crippen LogP contribution in [-0.2, 0) is 25.1 Å². The molecule has 1 atom stereocenters. The van der Waals surface area contributed by atoms with Crippen molar-refractivity contribution in [2.75, 3.05) is 38.4 Å². The number of carboxylic acid groups (broad SMARTS) is 1. The predicted octanol–water partition coefficient (Wildman–Crippen LogP) is 0.263. The Morgan fingerprint density at radius 3 is 2.60 bits per heavy atom. The molecule has 1 unspecified atom stereocenters. The number of carbonyl (C=O) groups is 1. The quantitative estimate of drug-likeness (QED) is 0.553. The van der Waals surface area contributed by atoms with Crippen LogP contribution in [0.4, 0.5) is 0 Å². The van der Waals surface area contributed by atoms with Gasteiger partial charge in [0.1, 0.15) is 0 Å². The first-order valence-electron chi connectivity index (χ1n) is 4.80. The molecule has 0 saturated carbocycles. The third-order valence-electron chi connectivity index (χ3n) is 1.64. The van der Waals surface area contributed by atoms with E-state index in [1.807, 2.05) is 0 Å². The van der Waals surface area contributed by atoms with Gasteiger partial charge in [-0.3, -0.25) is 9.00 Å². The van der Waals surface area contributed by atoms with Crippen molar-refractivity contribution < 1.29 is 23.6 Å². The maximum Gasteiger partial charge on any atom is 0.304 e. The summed E-state index contributed by atoms with van der Waals surface area (Å²) in [6.45, 7) is 1.65. The molecule has 0 rings (SSSR count). The first kappa shape index (κ1) is 14.5. The lowest BCUT2D eigenvalue weighted by Crippen LogP contribution is -2.12. The number of methoxy groups -OCH3 is 1. The van der Waals surface area contributed by atoms with Crippen LogP contribution in [0, 0.1) is 0 Å². The number of carboxylic acids is 1. The summed E-state index contributed by atoms with van der Waals surface area (Å²) in [5, 5.41) is 8.35. The van der Waals surface area contributed by atoms with Gasteiger partial charge in [-0.15, -0.1) is 0 Å². The Balaban J connectivity index is 3.20. The highest BCUT2D eigenvalue weighted by Gasteiger charge is 2.03. The minimum absolute atomic E-state index is 0.0454. The van der Waals surface area contributed by atoms with Crippen LogP contribution in [0.15, 0.2) is 0 Å². The second-order valence-electron chi connectivity index (χ2n) is 2.95. The van der Waals surface area contributed by atoms with Gasteiger partial charge >= 0.3 is 5.97 Å². The van der Waals surface area contributed by atoms with E-state index in [4.69, 9.17) is 14.6 Å². The van der Waals surface area contributed by atoms with Gasteiger partial charge in [0.15, 0.2) is 0 Å². The second-order valence-corrected chi connectivity index (χ2v) is 4.65. The molecule has 5 nitrogen and oxygen atoms in total. The van der Waals surface area contributed by atoms with Gasteiger partial charge in [-0.2, -0.15) is 0 Å². The molecule has 6 heteroatoms. The second kappa shape index (κ2) is 10.1. The largest absolute Gasteiger partial charge is 0.481 e. The molecule has 0 heterocycles. The molecule has 90 valence electrons. The molecule has 0 spiro atoms. The molecule has 0 aromatic rings. The van der Waals surface area contributed by atoms with Gasteiger partial charge in [0.05, 0.1) is 13.0 Å². The van der Waals surface area contributed by atoms with Gasteiger partial charge in [-0.05, 0) is 6.42 Å². The topological polar surface area (TPSA) is 72.8 Å². The maximum atomic E-state index is 11.2. The molecule has 0 bridgehead atoms. The molecule has 0 saturated heterocycles. The third kappa shape index (κ3) is 11.5. The van der Waals surface area contributed by atoms with E-state index in [9.17, 15) is 9.00 Å². The van der Waals surface area contributed by atoms with Crippen molar-refractivity contribution in [1.82, 2.24) is 0 Å². The van der Waals surface area contributed by atoms with Gasteiger partial charge < -0.3 is 14.6 Å². The molecule has 15 heavy (non-hydrogen) atoms. The van der Waals surface area contributed by atoms with Crippen molar-refractivity contribution in [1.29, 1.82) is 0 Å². The first-order valence-corrected chi connectivity index (χ1v) is 6.29. The van der Waals surface area contributed by atoms with E-state index in [0.717, 1.165) is 6.42 Å². The summed E-state index contributed by atoms with van der Waals surface area (Å²) >= 11 is 0. The normalized spacial score (nSPS) is 12.6. The van der Waals surface area contributed by atoms with E-state index in [0.29, 0.717) is 25.6 Å². The fraction of sp³-hybridized carbons (Fsp3) is 0.889. The van der Waals surface area contributed by atoms with Crippen LogP contribution in [0.3, 0.4) is 0 Å². The Morgan fingerprint density at radius 2 is 2.00 bits per heavy atom. The molecule has 0 fully saturated rings. The third-order valence-corrected chi connectivity index (χ3v) is 2.92. The highest BCUT2D eigenvalue weighted by atomic mass is 32.2. The maximum absolute atomic E-state index is 11.2. The van der Waals surface area contributed by atoms with Gasteiger partial charge in [0.25, 0.3) is 0 Å². The number of aliphatic carboxylic acids is 1. The summed E-state index contributed by atoms with van der Waals surface area (Å²) in [5.74, 6) is -0.304. The fourth-order valence-electron chi connectivity index (χ4n) is 0.862. The number of hydrogen-bond acceptors (Lipinski definition) is 4. The average Bonchev–Trinajstić information content (AvgIpc) is 2.20. The fourth-order valence-corrected chi connectivity index (χ4v) is 1.77. The van der Waals surface area contributed by atoms with Crippen LogP contribution < -0.4 is 0 Å². The summed E-state index contributed by atoms with van der Waals surface area (Å²) in [6.07, 6.45) is 0.772. The zero-order chi connectivity index (χ0) is 11.5. The lowest BCUT2D eigenvalue weighted by atomic mass is 10.5. The number of hydrogen-bond donors (Lipinski definition) is 1. The van der Waals surface area contributed by atoms with E-state index in [-0.39, 0.29) is 12.2 Å².